The quantitative estimate of drug-likeness (QED) is 0.640. The third-order valence-electron chi connectivity index (χ3n) is 4.51. The van der Waals surface area contributed by atoms with Crippen LogP contribution in [0.1, 0.15) is 34.6 Å². The molecule has 1 N–H and O–H groups in total. The summed E-state index contributed by atoms with van der Waals surface area (Å²) in [6, 6.07) is 9.62. The van der Waals surface area contributed by atoms with Crippen LogP contribution in [-0.2, 0) is 4.79 Å². The molecule has 0 saturated carbocycles. The lowest BCUT2D eigenvalue weighted by molar-refractivity contribution is -0.121. The summed E-state index contributed by atoms with van der Waals surface area (Å²) in [6.07, 6.45) is 0. The smallest absolute Gasteiger partial charge is 0.262 e. The molecule has 0 aliphatic carbocycles. The predicted octanol–water partition coefficient (Wildman–Crippen LogP) is 4.13. The predicted molar refractivity (Wildman–Crippen MR) is 110 cm³/mol. The highest BCUT2D eigenvalue weighted by Crippen LogP contribution is 2.30. The molecule has 0 spiro atoms. The molecular formula is C20H17N3O3S2. The molecule has 2 aromatic heterocycles. The largest absolute Gasteiger partial charge is 0.300 e. The van der Waals surface area contributed by atoms with Gasteiger partial charge in [-0.05, 0) is 29.5 Å². The van der Waals surface area contributed by atoms with Crippen LogP contribution in [-0.4, -0.2) is 33.6 Å². The Bertz CT molecular complexity index is 1020. The number of carbonyl (C=O) groups is 3. The summed E-state index contributed by atoms with van der Waals surface area (Å²) in [6.45, 7) is 3.62. The van der Waals surface area contributed by atoms with Crippen molar-refractivity contribution in [3.63, 3.8) is 0 Å². The number of thiophene rings is 1. The standard InChI is InChI=1S/C20H17N3O3S2/c1-11(2)16(23-18(25)12-6-3-4-7-13(12)19(23)26)17(24)22-20-21-14(10-28-20)15-8-5-9-27-15/h3-11,16H,1-2H3,(H,21,22,24). The monoisotopic (exact) mass is 411 g/mol. The van der Waals surface area contributed by atoms with Gasteiger partial charge in [0.1, 0.15) is 6.04 Å². The highest BCUT2D eigenvalue weighted by atomic mass is 32.1. The van der Waals surface area contributed by atoms with Crippen molar-refractivity contribution in [1.29, 1.82) is 0 Å². The molecular weight excluding hydrogens is 394 g/mol. The Hall–Kier alpha value is -2.84. The van der Waals surface area contributed by atoms with Crippen molar-refractivity contribution in [3.05, 3.63) is 58.3 Å². The zero-order valence-corrected chi connectivity index (χ0v) is 16.8. The Morgan fingerprint density at radius 2 is 1.71 bits per heavy atom. The number of nitrogens with one attached hydrogen (secondary N) is 1. The number of hydrogen-bond donors (Lipinski definition) is 1. The molecule has 0 radical (unpaired) electrons. The Morgan fingerprint density at radius 3 is 2.29 bits per heavy atom. The van der Waals surface area contributed by atoms with Crippen molar-refractivity contribution >= 4 is 45.5 Å². The van der Waals surface area contributed by atoms with Crippen LogP contribution in [0.2, 0.25) is 0 Å². The lowest BCUT2D eigenvalue weighted by Gasteiger charge is -2.27. The van der Waals surface area contributed by atoms with Crippen LogP contribution < -0.4 is 5.32 Å². The van der Waals surface area contributed by atoms with Crippen molar-refractivity contribution in [2.24, 2.45) is 5.92 Å². The summed E-state index contributed by atoms with van der Waals surface area (Å²) < 4.78 is 0. The molecule has 1 unspecified atom stereocenters. The Morgan fingerprint density at radius 1 is 1.04 bits per heavy atom. The average molecular weight is 412 g/mol. The van der Waals surface area contributed by atoms with Crippen LogP contribution >= 0.6 is 22.7 Å². The van der Waals surface area contributed by atoms with Crippen LogP contribution in [0, 0.1) is 5.92 Å². The molecule has 3 heterocycles. The van der Waals surface area contributed by atoms with Gasteiger partial charge in [-0.3, -0.25) is 19.3 Å². The van der Waals surface area contributed by atoms with Crippen LogP contribution in [0.4, 0.5) is 5.13 Å². The normalized spacial score (nSPS) is 14.5. The molecule has 6 nitrogen and oxygen atoms in total. The molecule has 1 aliphatic rings. The maximum absolute atomic E-state index is 13.0. The molecule has 1 aromatic carbocycles. The third-order valence-corrected chi connectivity index (χ3v) is 6.16. The van der Waals surface area contributed by atoms with E-state index in [0.29, 0.717) is 16.3 Å². The molecule has 142 valence electrons. The maximum Gasteiger partial charge on any atom is 0.262 e. The first-order valence-electron chi connectivity index (χ1n) is 8.74. The maximum atomic E-state index is 13.0. The Labute approximate surface area is 169 Å². The summed E-state index contributed by atoms with van der Waals surface area (Å²) in [4.78, 5) is 45.1. The Balaban J connectivity index is 1.58. The molecule has 3 aromatic rings. The minimum atomic E-state index is -0.915. The molecule has 28 heavy (non-hydrogen) atoms. The zero-order chi connectivity index (χ0) is 19.8. The number of hydrogen-bond acceptors (Lipinski definition) is 6. The van der Waals surface area contributed by atoms with Crippen molar-refractivity contribution in [2.45, 2.75) is 19.9 Å². The van der Waals surface area contributed by atoms with Crippen LogP contribution in [0.15, 0.2) is 47.2 Å². The van der Waals surface area contributed by atoms with Crippen molar-refractivity contribution in [2.75, 3.05) is 5.32 Å². The van der Waals surface area contributed by atoms with Gasteiger partial charge in [-0.15, -0.1) is 22.7 Å². The fraction of sp³-hybridized carbons (Fsp3) is 0.200. The number of carbonyl (C=O) groups excluding carboxylic acids is 3. The van der Waals surface area contributed by atoms with Crippen molar-refractivity contribution in [3.8, 4) is 10.6 Å². The van der Waals surface area contributed by atoms with Gasteiger partial charge in [0.05, 0.1) is 21.7 Å². The Kier molecular flexibility index (Phi) is 4.82. The molecule has 3 amide bonds. The summed E-state index contributed by atoms with van der Waals surface area (Å²) in [7, 11) is 0. The first kappa shape index (κ1) is 18.5. The number of rotatable bonds is 5. The molecule has 0 bridgehead atoms. The molecule has 8 heteroatoms. The van der Waals surface area contributed by atoms with Crippen LogP contribution in [0.5, 0.6) is 0 Å². The summed E-state index contributed by atoms with van der Waals surface area (Å²) in [5.41, 5.74) is 1.46. The van der Waals surface area contributed by atoms with Crippen LogP contribution in [0.3, 0.4) is 0 Å². The van der Waals surface area contributed by atoms with E-state index in [9.17, 15) is 14.4 Å². The molecule has 1 atom stereocenters. The second-order valence-corrected chi connectivity index (χ2v) is 8.52. The van der Waals surface area contributed by atoms with Gasteiger partial charge in [-0.25, -0.2) is 4.98 Å². The number of thiazole rings is 1. The van der Waals surface area contributed by atoms with Crippen LogP contribution in [0.25, 0.3) is 10.6 Å². The number of aromatic nitrogens is 1. The lowest BCUT2D eigenvalue weighted by atomic mass is 10.0. The van der Waals surface area contributed by atoms with E-state index < -0.39 is 23.8 Å². The van der Waals surface area contributed by atoms with Gasteiger partial charge >= 0.3 is 0 Å². The molecule has 0 saturated heterocycles. The zero-order valence-electron chi connectivity index (χ0n) is 15.2. The minimum absolute atomic E-state index is 0.251. The average Bonchev–Trinajstić information content (AvgIpc) is 3.39. The summed E-state index contributed by atoms with van der Waals surface area (Å²) >= 11 is 2.88. The van der Waals surface area contributed by atoms with Gasteiger partial charge < -0.3 is 5.32 Å². The number of nitrogens with zero attached hydrogens (tertiary/aromatic N) is 2. The van der Waals surface area contributed by atoms with E-state index in [-0.39, 0.29) is 5.92 Å². The number of anilines is 1. The van der Waals surface area contributed by atoms with E-state index in [0.717, 1.165) is 15.5 Å². The number of benzene rings is 1. The fourth-order valence-corrected chi connectivity index (χ4v) is 4.70. The van der Waals surface area contributed by atoms with E-state index in [1.54, 1.807) is 35.6 Å². The van der Waals surface area contributed by atoms with Crippen molar-refractivity contribution in [1.82, 2.24) is 9.88 Å². The van der Waals surface area contributed by atoms with Gasteiger partial charge in [0.2, 0.25) is 5.91 Å². The van der Waals surface area contributed by atoms with E-state index in [2.05, 4.69) is 10.3 Å². The van der Waals surface area contributed by atoms with Crippen molar-refractivity contribution < 1.29 is 14.4 Å². The summed E-state index contributed by atoms with van der Waals surface area (Å²) in [5.74, 6) is -1.55. The van der Waals surface area contributed by atoms with Gasteiger partial charge in [0.15, 0.2) is 5.13 Å². The number of amides is 3. The molecule has 1 aliphatic heterocycles. The number of fused-ring (bicyclic) bond motifs is 1. The second kappa shape index (κ2) is 7.29. The SMILES string of the molecule is CC(C)C(C(=O)Nc1nc(-c2cccs2)cs1)N1C(=O)c2ccccc2C1=O. The second-order valence-electron chi connectivity index (χ2n) is 6.72. The van der Waals surface area contributed by atoms with E-state index in [1.807, 2.05) is 36.7 Å². The third kappa shape index (κ3) is 3.14. The lowest BCUT2D eigenvalue weighted by Crippen LogP contribution is -2.50. The first-order valence-corrected chi connectivity index (χ1v) is 10.5. The molecule has 0 fully saturated rings. The van der Waals surface area contributed by atoms with Gasteiger partial charge in [0.25, 0.3) is 11.8 Å². The minimum Gasteiger partial charge on any atom is -0.300 e. The number of imide groups is 1. The van der Waals surface area contributed by atoms with E-state index in [1.165, 1.54) is 11.3 Å². The fourth-order valence-electron chi connectivity index (χ4n) is 3.23. The van der Waals surface area contributed by atoms with E-state index in [4.69, 9.17) is 0 Å². The topological polar surface area (TPSA) is 79.4 Å². The first-order chi connectivity index (χ1) is 13.5. The highest BCUT2D eigenvalue weighted by molar-refractivity contribution is 7.16. The van der Waals surface area contributed by atoms with Gasteiger partial charge in [-0.2, -0.15) is 0 Å². The van der Waals surface area contributed by atoms with Gasteiger partial charge in [-0.1, -0.05) is 32.0 Å². The van der Waals surface area contributed by atoms with Gasteiger partial charge in [0, 0.05) is 5.38 Å². The van der Waals surface area contributed by atoms with E-state index >= 15 is 0 Å². The highest BCUT2D eigenvalue weighted by Gasteiger charge is 2.44. The molecule has 4 rings (SSSR count). The summed E-state index contributed by atoms with van der Waals surface area (Å²) in [5, 5.41) is 7.05.